The molecule has 0 saturated carbocycles. The van der Waals surface area contributed by atoms with Gasteiger partial charge in [-0.15, -0.1) is 0 Å². The number of sulfonamides is 1. The Balaban J connectivity index is 1.79. The van der Waals surface area contributed by atoms with Crippen LogP contribution in [-0.4, -0.2) is 27.5 Å². The lowest BCUT2D eigenvalue weighted by Crippen LogP contribution is -2.34. The maximum Gasteiger partial charge on any atom is 0.338 e. The van der Waals surface area contributed by atoms with Gasteiger partial charge in [-0.25, -0.2) is 13.2 Å². The third kappa shape index (κ3) is 4.54. The fourth-order valence-corrected chi connectivity index (χ4v) is 4.05. The largest absolute Gasteiger partial charge is 0.460 e. The first-order valence-electron chi connectivity index (χ1n) is 8.44. The van der Waals surface area contributed by atoms with E-state index in [1.165, 1.54) is 4.31 Å². The van der Waals surface area contributed by atoms with Gasteiger partial charge >= 0.3 is 5.97 Å². The Morgan fingerprint density at radius 1 is 0.778 bits per heavy atom. The number of hydrogen-bond acceptors (Lipinski definition) is 4. The number of anilines is 1. The number of carbonyl (C=O) groups is 1. The minimum absolute atomic E-state index is 0.0137. The molecule has 3 aromatic carbocycles. The standard InChI is InChI=1S/C21H19NO4S/c23-21(18-10-4-1-5-11-18)26-17-16-22(19-12-6-2-7-13-19)27(24,25)20-14-8-3-9-15-20/h1-15H,16-17H2. The topological polar surface area (TPSA) is 63.7 Å². The van der Waals surface area contributed by atoms with Crippen LogP contribution in [0.15, 0.2) is 95.9 Å². The highest BCUT2D eigenvalue weighted by molar-refractivity contribution is 7.92. The van der Waals surface area contributed by atoms with Crippen molar-refractivity contribution < 1.29 is 17.9 Å². The summed E-state index contributed by atoms with van der Waals surface area (Å²) in [6.07, 6.45) is 0. The second-order valence-corrected chi connectivity index (χ2v) is 7.59. The monoisotopic (exact) mass is 381 g/mol. The molecule has 3 rings (SSSR count). The van der Waals surface area contributed by atoms with Crippen LogP contribution in [0.2, 0.25) is 0 Å². The van der Waals surface area contributed by atoms with Gasteiger partial charge < -0.3 is 4.74 Å². The van der Waals surface area contributed by atoms with E-state index in [1.54, 1.807) is 84.9 Å². The molecule has 0 fully saturated rings. The average Bonchev–Trinajstić information content (AvgIpc) is 2.73. The molecular weight excluding hydrogens is 362 g/mol. The molecule has 6 heteroatoms. The Kier molecular flexibility index (Phi) is 5.88. The van der Waals surface area contributed by atoms with Crippen molar-refractivity contribution in [1.82, 2.24) is 0 Å². The summed E-state index contributed by atoms with van der Waals surface area (Å²) in [5.41, 5.74) is 0.937. The highest BCUT2D eigenvalue weighted by Crippen LogP contribution is 2.23. The molecule has 0 aliphatic carbocycles. The molecule has 0 aliphatic rings. The van der Waals surface area contributed by atoms with Gasteiger partial charge in [0.25, 0.3) is 10.0 Å². The Bertz CT molecular complexity index is 974. The third-order valence-corrected chi connectivity index (χ3v) is 5.75. The van der Waals surface area contributed by atoms with Crippen LogP contribution in [0.5, 0.6) is 0 Å². The summed E-state index contributed by atoms with van der Waals surface area (Å²) >= 11 is 0. The van der Waals surface area contributed by atoms with E-state index in [9.17, 15) is 13.2 Å². The van der Waals surface area contributed by atoms with Crippen molar-refractivity contribution in [3.63, 3.8) is 0 Å². The van der Waals surface area contributed by atoms with Gasteiger partial charge in [-0.3, -0.25) is 4.31 Å². The second kappa shape index (κ2) is 8.51. The van der Waals surface area contributed by atoms with Crippen molar-refractivity contribution in [3.05, 3.63) is 96.6 Å². The lowest BCUT2D eigenvalue weighted by atomic mass is 10.2. The average molecular weight is 381 g/mol. The minimum Gasteiger partial charge on any atom is -0.460 e. The fraction of sp³-hybridized carbons (Fsp3) is 0.0952. The van der Waals surface area contributed by atoms with Gasteiger partial charge in [0.2, 0.25) is 0 Å². The van der Waals surface area contributed by atoms with Gasteiger partial charge in [-0.05, 0) is 36.4 Å². The van der Waals surface area contributed by atoms with Crippen LogP contribution in [0.1, 0.15) is 10.4 Å². The van der Waals surface area contributed by atoms with Crippen molar-refractivity contribution in [3.8, 4) is 0 Å². The number of esters is 1. The maximum absolute atomic E-state index is 13.1. The molecule has 0 N–H and O–H groups in total. The van der Waals surface area contributed by atoms with Crippen LogP contribution in [0.4, 0.5) is 5.69 Å². The van der Waals surface area contributed by atoms with E-state index >= 15 is 0 Å². The first kappa shape index (κ1) is 18.7. The molecular formula is C21H19NO4S. The maximum atomic E-state index is 13.1. The Morgan fingerprint density at radius 3 is 1.89 bits per heavy atom. The number of rotatable bonds is 7. The highest BCUT2D eigenvalue weighted by Gasteiger charge is 2.24. The van der Waals surface area contributed by atoms with E-state index in [0.717, 1.165) is 0 Å². The molecule has 5 nitrogen and oxygen atoms in total. The summed E-state index contributed by atoms with van der Waals surface area (Å²) in [6, 6.07) is 25.5. The summed E-state index contributed by atoms with van der Waals surface area (Å²) in [5, 5.41) is 0. The van der Waals surface area contributed by atoms with Gasteiger partial charge in [0, 0.05) is 0 Å². The summed E-state index contributed by atoms with van der Waals surface area (Å²) in [5.74, 6) is -0.485. The molecule has 0 bridgehead atoms. The molecule has 0 radical (unpaired) electrons. The zero-order chi connectivity index (χ0) is 19.1. The first-order valence-corrected chi connectivity index (χ1v) is 9.88. The van der Waals surface area contributed by atoms with E-state index in [2.05, 4.69) is 0 Å². The summed E-state index contributed by atoms with van der Waals surface area (Å²) in [4.78, 5) is 12.3. The SMILES string of the molecule is O=C(OCCN(c1ccccc1)S(=O)(=O)c1ccccc1)c1ccccc1. The normalized spacial score (nSPS) is 11.0. The van der Waals surface area contributed by atoms with Crippen LogP contribution < -0.4 is 4.31 Å². The predicted octanol–water partition coefficient (Wildman–Crippen LogP) is 3.74. The van der Waals surface area contributed by atoms with Crippen molar-refractivity contribution in [2.24, 2.45) is 0 Å². The summed E-state index contributed by atoms with van der Waals surface area (Å²) in [6.45, 7) is -0.0471. The molecule has 138 valence electrons. The van der Waals surface area contributed by atoms with Crippen molar-refractivity contribution in [2.45, 2.75) is 4.90 Å². The molecule has 27 heavy (non-hydrogen) atoms. The van der Waals surface area contributed by atoms with Gasteiger partial charge in [0.1, 0.15) is 6.61 Å². The van der Waals surface area contributed by atoms with Gasteiger partial charge in [-0.2, -0.15) is 0 Å². The van der Waals surface area contributed by atoms with Crippen LogP contribution in [0.25, 0.3) is 0 Å². The Labute approximate surface area is 158 Å². The number of benzene rings is 3. The number of nitrogens with zero attached hydrogens (tertiary/aromatic N) is 1. The third-order valence-electron chi connectivity index (χ3n) is 3.91. The Hall–Kier alpha value is -3.12. The minimum atomic E-state index is -3.77. The highest BCUT2D eigenvalue weighted by atomic mass is 32.2. The molecule has 0 aromatic heterocycles. The number of para-hydroxylation sites is 1. The molecule has 0 atom stereocenters. The smallest absolute Gasteiger partial charge is 0.338 e. The van der Waals surface area contributed by atoms with E-state index in [1.807, 2.05) is 6.07 Å². The molecule has 0 amide bonds. The van der Waals surface area contributed by atoms with Crippen molar-refractivity contribution >= 4 is 21.7 Å². The fourth-order valence-electron chi connectivity index (χ4n) is 2.58. The lowest BCUT2D eigenvalue weighted by molar-refractivity contribution is 0.0517. The van der Waals surface area contributed by atoms with Crippen LogP contribution in [0.3, 0.4) is 0 Å². The molecule has 0 spiro atoms. The van der Waals surface area contributed by atoms with Crippen LogP contribution >= 0.6 is 0 Å². The predicted molar refractivity (Wildman–Crippen MR) is 104 cm³/mol. The summed E-state index contributed by atoms with van der Waals surface area (Å²) in [7, 11) is -3.77. The van der Waals surface area contributed by atoms with Crippen LogP contribution in [0, 0.1) is 0 Å². The van der Waals surface area contributed by atoms with Crippen LogP contribution in [-0.2, 0) is 14.8 Å². The zero-order valence-corrected chi connectivity index (χ0v) is 15.4. The van der Waals surface area contributed by atoms with Crippen molar-refractivity contribution in [1.29, 1.82) is 0 Å². The quantitative estimate of drug-likeness (QED) is 0.585. The molecule has 0 heterocycles. The van der Waals surface area contributed by atoms with E-state index in [0.29, 0.717) is 11.3 Å². The second-order valence-electron chi connectivity index (χ2n) is 5.73. The molecule has 0 saturated heterocycles. The number of carbonyl (C=O) groups excluding carboxylic acids is 1. The Morgan fingerprint density at radius 2 is 1.30 bits per heavy atom. The van der Waals surface area contributed by atoms with E-state index in [4.69, 9.17) is 4.74 Å². The lowest BCUT2D eigenvalue weighted by Gasteiger charge is -2.24. The van der Waals surface area contributed by atoms with E-state index < -0.39 is 16.0 Å². The van der Waals surface area contributed by atoms with Crippen molar-refractivity contribution in [2.75, 3.05) is 17.5 Å². The number of ether oxygens (including phenoxy) is 1. The first-order chi connectivity index (χ1) is 13.1. The number of hydrogen-bond donors (Lipinski definition) is 0. The van der Waals surface area contributed by atoms with Gasteiger partial charge in [-0.1, -0.05) is 54.6 Å². The molecule has 0 aliphatic heterocycles. The molecule has 3 aromatic rings. The van der Waals surface area contributed by atoms with Gasteiger partial charge in [0.05, 0.1) is 22.7 Å². The van der Waals surface area contributed by atoms with E-state index in [-0.39, 0.29) is 18.0 Å². The van der Waals surface area contributed by atoms with Gasteiger partial charge in [0.15, 0.2) is 0 Å². The zero-order valence-electron chi connectivity index (χ0n) is 14.6. The molecule has 0 unspecified atom stereocenters. The summed E-state index contributed by atoms with van der Waals surface area (Å²) < 4.78 is 32.6.